The Hall–Kier alpha value is -0.930. The van der Waals surface area contributed by atoms with Crippen LogP contribution in [0.1, 0.15) is 20.3 Å². The van der Waals surface area contributed by atoms with Gasteiger partial charge in [-0.05, 0) is 25.5 Å². The van der Waals surface area contributed by atoms with E-state index in [1.54, 1.807) is 25.1 Å². The van der Waals surface area contributed by atoms with Crippen LogP contribution in [0.3, 0.4) is 0 Å². The van der Waals surface area contributed by atoms with Gasteiger partial charge in [-0.3, -0.25) is 0 Å². The summed E-state index contributed by atoms with van der Waals surface area (Å²) in [4.78, 5) is 11.6. The summed E-state index contributed by atoms with van der Waals surface area (Å²) >= 11 is 11.8. The van der Waals surface area contributed by atoms with E-state index in [0.717, 1.165) is 0 Å². The molecular formula is C12H14Cl2O3. The van der Waals surface area contributed by atoms with Crippen molar-refractivity contribution in [3.63, 3.8) is 0 Å². The van der Waals surface area contributed by atoms with E-state index in [4.69, 9.17) is 32.7 Å². The molecule has 1 unspecified atom stereocenters. The molecule has 0 N–H and O–H groups in total. The van der Waals surface area contributed by atoms with Gasteiger partial charge >= 0.3 is 5.97 Å². The minimum absolute atomic E-state index is 0.303. The summed E-state index contributed by atoms with van der Waals surface area (Å²) in [7, 11) is 0. The SMILES string of the molecule is CCOC(=O)C(CC)Oc1cccc(Cl)c1Cl. The van der Waals surface area contributed by atoms with Crippen molar-refractivity contribution in [3.8, 4) is 5.75 Å². The Morgan fingerprint density at radius 1 is 1.35 bits per heavy atom. The third-order valence-corrected chi connectivity index (χ3v) is 2.91. The zero-order chi connectivity index (χ0) is 12.8. The van der Waals surface area contributed by atoms with Gasteiger partial charge in [-0.2, -0.15) is 0 Å². The summed E-state index contributed by atoms with van der Waals surface area (Å²) in [5, 5.41) is 0.694. The van der Waals surface area contributed by atoms with Crippen LogP contribution in [0, 0.1) is 0 Å². The molecule has 1 atom stereocenters. The molecule has 1 aromatic rings. The second-order valence-electron chi connectivity index (χ2n) is 3.32. The Bertz CT molecular complexity index is 393. The molecule has 0 radical (unpaired) electrons. The Morgan fingerprint density at radius 2 is 2.06 bits per heavy atom. The molecule has 0 spiro atoms. The number of halogens is 2. The predicted octanol–water partition coefficient (Wildman–Crippen LogP) is 3.71. The molecule has 0 saturated carbocycles. The van der Waals surface area contributed by atoms with Gasteiger partial charge in [-0.1, -0.05) is 36.2 Å². The fourth-order valence-electron chi connectivity index (χ4n) is 1.26. The number of rotatable bonds is 5. The molecule has 0 aliphatic heterocycles. The van der Waals surface area contributed by atoms with Gasteiger partial charge in [0, 0.05) is 0 Å². The minimum atomic E-state index is -0.661. The van der Waals surface area contributed by atoms with E-state index in [1.165, 1.54) is 0 Å². The van der Waals surface area contributed by atoms with Gasteiger partial charge in [0.25, 0.3) is 0 Å². The van der Waals surface area contributed by atoms with Crippen LogP contribution >= 0.6 is 23.2 Å². The van der Waals surface area contributed by atoms with E-state index in [0.29, 0.717) is 28.8 Å². The maximum absolute atomic E-state index is 11.6. The van der Waals surface area contributed by atoms with Crippen molar-refractivity contribution in [2.75, 3.05) is 6.61 Å². The van der Waals surface area contributed by atoms with Gasteiger partial charge in [-0.15, -0.1) is 0 Å². The molecule has 17 heavy (non-hydrogen) atoms. The van der Waals surface area contributed by atoms with Gasteiger partial charge in [0.2, 0.25) is 0 Å². The summed E-state index contributed by atoms with van der Waals surface area (Å²) in [6.45, 7) is 3.90. The highest BCUT2D eigenvalue weighted by Gasteiger charge is 2.21. The van der Waals surface area contributed by atoms with Crippen LogP contribution in [-0.4, -0.2) is 18.7 Å². The number of carbonyl (C=O) groups is 1. The summed E-state index contributed by atoms with van der Waals surface area (Å²) in [5.74, 6) is -0.00916. The Balaban J connectivity index is 2.80. The van der Waals surface area contributed by atoms with Crippen molar-refractivity contribution in [1.82, 2.24) is 0 Å². The number of hydrogen-bond acceptors (Lipinski definition) is 3. The monoisotopic (exact) mass is 276 g/mol. The van der Waals surface area contributed by atoms with Gasteiger partial charge in [0.05, 0.1) is 11.6 Å². The average molecular weight is 277 g/mol. The van der Waals surface area contributed by atoms with E-state index in [-0.39, 0.29) is 0 Å². The molecule has 1 rings (SSSR count). The normalized spacial score (nSPS) is 12.0. The second-order valence-corrected chi connectivity index (χ2v) is 4.10. The highest BCUT2D eigenvalue weighted by Crippen LogP contribution is 2.32. The number of ether oxygens (including phenoxy) is 2. The van der Waals surface area contributed by atoms with Crippen LogP contribution in [-0.2, 0) is 9.53 Å². The number of benzene rings is 1. The molecule has 3 nitrogen and oxygen atoms in total. The third-order valence-electron chi connectivity index (χ3n) is 2.11. The molecule has 0 saturated heterocycles. The number of esters is 1. The topological polar surface area (TPSA) is 35.5 Å². The Morgan fingerprint density at radius 3 is 2.65 bits per heavy atom. The standard InChI is InChI=1S/C12H14Cl2O3/c1-3-9(12(15)16-4-2)17-10-7-5-6-8(13)11(10)14/h5-7,9H,3-4H2,1-2H3. The van der Waals surface area contributed by atoms with E-state index < -0.39 is 12.1 Å². The second kappa shape index (κ2) is 6.72. The lowest BCUT2D eigenvalue weighted by Crippen LogP contribution is -2.28. The number of carbonyl (C=O) groups excluding carboxylic acids is 1. The summed E-state index contributed by atoms with van der Waals surface area (Å²) in [6, 6.07) is 5.03. The zero-order valence-corrected chi connectivity index (χ0v) is 11.2. The summed E-state index contributed by atoms with van der Waals surface area (Å²) in [5.41, 5.74) is 0. The maximum Gasteiger partial charge on any atom is 0.347 e. The molecule has 0 aliphatic rings. The zero-order valence-electron chi connectivity index (χ0n) is 9.70. The van der Waals surface area contributed by atoms with Gasteiger partial charge in [0.1, 0.15) is 10.8 Å². The molecule has 94 valence electrons. The van der Waals surface area contributed by atoms with E-state index in [1.807, 2.05) is 6.92 Å². The highest BCUT2D eigenvalue weighted by molar-refractivity contribution is 6.42. The molecule has 1 aromatic carbocycles. The van der Waals surface area contributed by atoms with Crippen LogP contribution in [0.5, 0.6) is 5.75 Å². The minimum Gasteiger partial charge on any atom is -0.477 e. The Labute approximate surface area is 111 Å². The smallest absolute Gasteiger partial charge is 0.347 e. The molecule has 5 heteroatoms. The lowest BCUT2D eigenvalue weighted by molar-refractivity contribution is -0.151. The molecule has 0 heterocycles. The van der Waals surface area contributed by atoms with Crippen molar-refractivity contribution < 1.29 is 14.3 Å². The first kappa shape index (κ1) is 14.1. The van der Waals surface area contributed by atoms with Crippen LogP contribution in [0.4, 0.5) is 0 Å². The first-order valence-electron chi connectivity index (χ1n) is 5.37. The van der Waals surface area contributed by atoms with E-state index in [9.17, 15) is 4.79 Å². The molecule has 0 aliphatic carbocycles. The quantitative estimate of drug-likeness (QED) is 0.769. The molecule has 0 bridgehead atoms. The first-order valence-corrected chi connectivity index (χ1v) is 6.13. The van der Waals surface area contributed by atoms with Crippen LogP contribution in [0.25, 0.3) is 0 Å². The van der Waals surface area contributed by atoms with Crippen LogP contribution < -0.4 is 4.74 Å². The van der Waals surface area contributed by atoms with Gasteiger partial charge in [0.15, 0.2) is 6.10 Å². The lowest BCUT2D eigenvalue weighted by Gasteiger charge is -2.17. The molecule has 0 aromatic heterocycles. The molecular weight excluding hydrogens is 263 g/mol. The predicted molar refractivity (Wildman–Crippen MR) is 67.8 cm³/mol. The lowest BCUT2D eigenvalue weighted by atomic mass is 10.2. The van der Waals surface area contributed by atoms with Crippen molar-refractivity contribution in [2.24, 2.45) is 0 Å². The van der Waals surface area contributed by atoms with Gasteiger partial charge < -0.3 is 9.47 Å². The number of hydrogen-bond donors (Lipinski definition) is 0. The van der Waals surface area contributed by atoms with E-state index in [2.05, 4.69) is 0 Å². The van der Waals surface area contributed by atoms with Crippen LogP contribution in [0.15, 0.2) is 18.2 Å². The molecule has 0 amide bonds. The van der Waals surface area contributed by atoms with Crippen molar-refractivity contribution in [2.45, 2.75) is 26.4 Å². The van der Waals surface area contributed by atoms with Crippen molar-refractivity contribution in [3.05, 3.63) is 28.2 Å². The fraction of sp³-hybridized carbons (Fsp3) is 0.417. The molecule has 0 fully saturated rings. The average Bonchev–Trinajstić information content (AvgIpc) is 2.31. The Kier molecular flexibility index (Phi) is 5.59. The third kappa shape index (κ3) is 3.79. The summed E-state index contributed by atoms with van der Waals surface area (Å²) in [6.07, 6.45) is -0.160. The summed E-state index contributed by atoms with van der Waals surface area (Å²) < 4.78 is 10.4. The van der Waals surface area contributed by atoms with Gasteiger partial charge in [-0.25, -0.2) is 4.79 Å². The van der Waals surface area contributed by atoms with Crippen LogP contribution in [0.2, 0.25) is 10.0 Å². The van der Waals surface area contributed by atoms with Crippen molar-refractivity contribution >= 4 is 29.2 Å². The maximum atomic E-state index is 11.6. The first-order chi connectivity index (χ1) is 8.10. The van der Waals surface area contributed by atoms with E-state index >= 15 is 0 Å². The largest absolute Gasteiger partial charge is 0.477 e. The highest BCUT2D eigenvalue weighted by atomic mass is 35.5. The van der Waals surface area contributed by atoms with Crippen molar-refractivity contribution in [1.29, 1.82) is 0 Å². The fourth-order valence-corrected chi connectivity index (χ4v) is 1.60.